The number of hydrogen-bond acceptors (Lipinski definition) is 6. The zero-order chi connectivity index (χ0) is 23.0. The molecule has 0 bridgehead atoms. The van der Waals surface area contributed by atoms with Gasteiger partial charge in [0.2, 0.25) is 0 Å². The van der Waals surface area contributed by atoms with Crippen molar-refractivity contribution in [3.05, 3.63) is 47.5 Å². The van der Waals surface area contributed by atoms with E-state index in [4.69, 9.17) is 18.9 Å². The van der Waals surface area contributed by atoms with E-state index >= 15 is 0 Å². The molecule has 0 radical (unpaired) electrons. The predicted octanol–water partition coefficient (Wildman–Crippen LogP) is 5.40. The summed E-state index contributed by atoms with van der Waals surface area (Å²) in [5.74, 6) is 3.14. The molecule has 0 aliphatic heterocycles. The van der Waals surface area contributed by atoms with Crippen LogP contribution in [0.25, 0.3) is 0 Å². The van der Waals surface area contributed by atoms with Crippen LogP contribution >= 0.6 is 34.0 Å². The molecular formula is C26H42Br2N2O4. The van der Waals surface area contributed by atoms with E-state index < -0.39 is 0 Å². The number of unbranched alkanes of at least 4 members (excludes halogenated alkanes) is 3. The summed E-state index contributed by atoms with van der Waals surface area (Å²) in [6.45, 7) is 4.10. The first-order valence-electron chi connectivity index (χ1n) is 11.5. The van der Waals surface area contributed by atoms with E-state index in [1.165, 1.54) is 36.8 Å². The Kier molecular flexibility index (Phi) is 18.9. The van der Waals surface area contributed by atoms with Gasteiger partial charge in [-0.3, -0.25) is 0 Å². The lowest BCUT2D eigenvalue weighted by atomic mass is 10.1. The fourth-order valence-corrected chi connectivity index (χ4v) is 3.64. The van der Waals surface area contributed by atoms with Crippen LogP contribution in [0.5, 0.6) is 23.0 Å². The molecule has 0 amide bonds. The van der Waals surface area contributed by atoms with Gasteiger partial charge in [-0.2, -0.15) is 0 Å². The molecule has 2 rings (SSSR count). The van der Waals surface area contributed by atoms with Gasteiger partial charge in [0.05, 0.1) is 28.4 Å². The van der Waals surface area contributed by atoms with Crippen molar-refractivity contribution in [1.29, 1.82) is 0 Å². The standard InChI is InChI=1S/C26H40N2O4.2BrH/c1-29-23-11-9-21(19-25(23)31-3)13-17-27-15-7-5-6-8-16-28-18-14-22-10-12-24(30-2)26(20-22)32-4;;/h9-12,19-20,27-28H,5-8,13-18H2,1-4H3;2*1H. The van der Waals surface area contributed by atoms with Crippen molar-refractivity contribution in [2.24, 2.45) is 0 Å². The highest BCUT2D eigenvalue weighted by molar-refractivity contribution is 8.93. The first kappa shape index (κ1) is 32.5. The fraction of sp³-hybridized carbons (Fsp3) is 0.538. The minimum atomic E-state index is 0. The quantitative estimate of drug-likeness (QED) is 0.235. The summed E-state index contributed by atoms with van der Waals surface area (Å²) in [6.07, 6.45) is 6.95. The van der Waals surface area contributed by atoms with Crippen molar-refractivity contribution in [3.63, 3.8) is 0 Å². The highest BCUT2D eigenvalue weighted by atomic mass is 79.9. The zero-order valence-electron chi connectivity index (χ0n) is 21.0. The van der Waals surface area contributed by atoms with Crippen molar-refractivity contribution in [1.82, 2.24) is 10.6 Å². The van der Waals surface area contributed by atoms with E-state index in [9.17, 15) is 0 Å². The summed E-state index contributed by atoms with van der Waals surface area (Å²) < 4.78 is 21.3. The number of rotatable bonds is 17. The van der Waals surface area contributed by atoms with E-state index in [1.54, 1.807) is 28.4 Å². The van der Waals surface area contributed by atoms with Gasteiger partial charge in [-0.1, -0.05) is 25.0 Å². The van der Waals surface area contributed by atoms with Crippen molar-refractivity contribution in [2.45, 2.75) is 38.5 Å². The largest absolute Gasteiger partial charge is 0.493 e. The molecule has 2 aromatic rings. The Balaban J connectivity index is 0.00000544. The smallest absolute Gasteiger partial charge is 0.160 e. The summed E-state index contributed by atoms with van der Waals surface area (Å²) in [7, 11) is 6.67. The van der Waals surface area contributed by atoms with Crippen LogP contribution in [0.2, 0.25) is 0 Å². The van der Waals surface area contributed by atoms with E-state index in [1.807, 2.05) is 12.1 Å². The zero-order valence-corrected chi connectivity index (χ0v) is 24.4. The SMILES string of the molecule is Br.Br.COc1ccc(CCNCCCCCCNCCc2ccc(OC)c(OC)c2)cc1OC. The van der Waals surface area contributed by atoms with Crippen LogP contribution in [-0.4, -0.2) is 54.6 Å². The molecule has 0 aliphatic carbocycles. The summed E-state index contributed by atoms with van der Waals surface area (Å²) in [5.41, 5.74) is 2.52. The second-order valence-electron chi connectivity index (χ2n) is 7.79. The van der Waals surface area contributed by atoms with E-state index in [0.717, 1.165) is 62.0 Å². The Labute approximate surface area is 226 Å². The highest BCUT2D eigenvalue weighted by Gasteiger charge is 2.05. The lowest BCUT2D eigenvalue weighted by Gasteiger charge is -2.10. The van der Waals surface area contributed by atoms with Gasteiger partial charge in [-0.15, -0.1) is 34.0 Å². The predicted molar refractivity (Wildman–Crippen MR) is 151 cm³/mol. The minimum Gasteiger partial charge on any atom is -0.493 e. The molecule has 0 aromatic heterocycles. The van der Waals surface area contributed by atoms with Crippen LogP contribution in [0.3, 0.4) is 0 Å². The number of benzene rings is 2. The second-order valence-corrected chi connectivity index (χ2v) is 7.79. The third kappa shape index (κ3) is 11.8. The molecule has 0 atom stereocenters. The van der Waals surface area contributed by atoms with Crippen molar-refractivity contribution < 1.29 is 18.9 Å². The van der Waals surface area contributed by atoms with Gasteiger partial charge in [0, 0.05) is 0 Å². The van der Waals surface area contributed by atoms with Gasteiger partial charge < -0.3 is 29.6 Å². The molecule has 0 aliphatic rings. The molecule has 34 heavy (non-hydrogen) atoms. The average Bonchev–Trinajstić information content (AvgIpc) is 2.84. The van der Waals surface area contributed by atoms with Gasteiger partial charge in [0.15, 0.2) is 23.0 Å². The Morgan fingerprint density at radius 3 is 1.24 bits per heavy atom. The van der Waals surface area contributed by atoms with Crippen LogP contribution in [0.1, 0.15) is 36.8 Å². The van der Waals surface area contributed by atoms with Crippen molar-refractivity contribution >= 4 is 34.0 Å². The molecule has 8 heteroatoms. The van der Waals surface area contributed by atoms with Gasteiger partial charge in [-0.05, 0) is 87.3 Å². The Morgan fingerprint density at radius 2 is 0.882 bits per heavy atom. The van der Waals surface area contributed by atoms with E-state index in [2.05, 4.69) is 34.9 Å². The van der Waals surface area contributed by atoms with Crippen molar-refractivity contribution in [3.8, 4) is 23.0 Å². The molecule has 2 N–H and O–H groups in total. The van der Waals surface area contributed by atoms with Crippen LogP contribution in [0, 0.1) is 0 Å². The van der Waals surface area contributed by atoms with Crippen LogP contribution in [0.15, 0.2) is 36.4 Å². The Hall–Kier alpha value is -1.48. The lowest BCUT2D eigenvalue weighted by molar-refractivity contribution is 0.354. The maximum atomic E-state index is 5.36. The summed E-state index contributed by atoms with van der Waals surface area (Å²) >= 11 is 0. The molecule has 0 heterocycles. The van der Waals surface area contributed by atoms with E-state index in [0.29, 0.717) is 0 Å². The Morgan fingerprint density at radius 1 is 0.500 bits per heavy atom. The molecule has 6 nitrogen and oxygen atoms in total. The first-order valence-corrected chi connectivity index (χ1v) is 11.5. The van der Waals surface area contributed by atoms with Gasteiger partial charge in [0.25, 0.3) is 0 Å². The summed E-state index contributed by atoms with van der Waals surface area (Å²) in [6, 6.07) is 12.2. The minimum absolute atomic E-state index is 0. The third-order valence-corrected chi connectivity index (χ3v) is 5.53. The summed E-state index contributed by atoms with van der Waals surface area (Å²) in [4.78, 5) is 0. The molecule has 0 fully saturated rings. The molecule has 0 saturated carbocycles. The fourth-order valence-electron chi connectivity index (χ4n) is 3.64. The molecule has 0 saturated heterocycles. The number of halogens is 2. The monoisotopic (exact) mass is 604 g/mol. The number of ether oxygens (including phenoxy) is 4. The van der Waals surface area contributed by atoms with Gasteiger partial charge in [-0.25, -0.2) is 0 Å². The summed E-state index contributed by atoms with van der Waals surface area (Å²) in [5, 5.41) is 7.08. The van der Waals surface area contributed by atoms with Gasteiger partial charge in [0.1, 0.15) is 0 Å². The van der Waals surface area contributed by atoms with Crippen molar-refractivity contribution in [2.75, 3.05) is 54.6 Å². The first-order chi connectivity index (χ1) is 15.7. The molecule has 0 unspecified atom stereocenters. The van der Waals surface area contributed by atoms with Crippen LogP contribution < -0.4 is 29.6 Å². The van der Waals surface area contributed by atoms with E-state index in [-0.39, 0.29) is 34.0 Å². The maximum absolute atomic E-state index is 5.36. The Bertz CT molecular complexity index is 728. The normalized spacial score (nSPS) is 10.1. The number of methoxy groups -OCH3 is 4. The van der Waals surface area contributed by atoms with Crippen LogP contribution in [-0.2, 0) is 12.8 Å². The van der Waals surface area contributed by atoms with Crippen LogP contribution in [0.4, 0.5) is 0 Å². The topological polar surface area (TPSA) is 61.0 Å². The highest BCUT2D eigenvalue weighted by Crippen LogP contribution is 2.28. The maximum Gasteiger partial charge on any atom is 0.160 e. The molecular weight excluding hydrogens is 564 g/mol. The lowest BCUT2D eigenvalue weighted by Crippen LogP contribution is -2.19. The van der Waals surface area contributed by atoms with Gasteiger partial charge >= 0.3 is 0 Å². The number of hydrogen-bond donors (Lipinski definition) is 2. The molecule has 2 aromatic carbocycles. The number of nitrogens with one attached hydrogen (secondary N) is 2. The average molecular weight is 606 g/mol. The second kappa shape index (κ2) is 19.8. The molecule has 0 spiro atoms. The third-order valence-electron chi connectivity index (χ3n) is 5.53. The molecule has 194 valence electrons.